The number of aromatic nitrogens is 3. The summed E-state index contributed by atoms with van der Waals surface area (Å²) in [5.74, 6) is -1.43. The van der Waals surface area contributed by atoms with Crippen LogP contribution in [0.5, 0.6) is 5.75 Å². The van der Waals surface area contributed by atoms with Gasteiger partial charge in [-0.15, -0.1) is 5.10 Å². The van der Waals surface area contributed by atoms with Crippen LogP contribution in [0.3, 0.4) is 0 Å². The Kier molecular flexibility index (Phi) is 6.75. The molecule has 1 saturated heterocycles. The zero-order valence-corrected chi connectivity index (χ0v) is 18.4. The minimum Gasteiger partial charge on any atom is -0.421 e. The normalized spacial score (nSPS) is 14.0. The molecule has 0 unspecified atom stereocenters. The van der Waals surface area contributed by atoms with Crippen molar-refractivity contribution in [3.63, 3.8) is 0 Å². The fourth-order valence-electron chi connectivity index (χ4n) is 3.01. The molecule has 3 aromatic rings. The summed E-state index contributed by atoms with van der Waals surface area (Å²) in [6.45, 7) is 1.64. The molecular formula is C20H18Cl2FN5O4. The average molecular weight is 482 g/mol. The lowest BCUT2D eigenvalue weighted by Crippen LogP contribution is -2.43. The summed E-state index contributed by atoms with van der Waals surface area (Å²) in [5, 5.41) is 11.2. The Morgan fingerprint density at radius 2 is 1.88 bits per heavy atom. The maximum Gasteiger partial charge on any atom is 0.311 e. The zero-order chi connectivity index (χ0) is 22.7. The van der Waals surface area contributed by atoms with E-state index in [2.05, 4.69) is 10.3 Å². The van der Waals surface area contributed by atoms with Crippen molar-refractivity contribution < 1.29 is 23.6 Å². The van der Waals surface area contributed by atoms with Crippen LogP contribution in [0.2, 0.25) is 10.2 Å². The van der Waals surface area contributed by atoms with Gasteiger partial charge in [-0.3, -0.25) is 4.79 Å². The maximum absolute atomic E-state index is 14.4. The van der Waals surface area contributed by atoms with E-state index in [4.69, 9.17) is 37.6 Å². The number of carbonyl (C=O) groups is 1. The highest BCUT2D eigenvalue weighted by molar-refractivity contribution is 6.31. The standard InChI is InChI=1S/C20H18Cl2FN5O4/c1-2-4-19(29)32-20-14(23)5-3-6-16(20)27-11-31-28(12-30-27)17-9-13(21)7-8-15(17)26-10-18(22)24-25-26/h3,5-10H,2,4,11-12H2,1H3. The van der Waals surface area contributed by atoms with Crippen molar-refractivity contribution in [1.29, 1.82) is 0 Å². The highest BCUT2D eigenvalue weighted by atomic mass is 35.5. The van der Waals surface area contributed by atoms with Gasteiger partial charge in [0.15, 0.2) is 30.2 Å². The summed E-state index contributed by atoms with van der Waals surface area (Å²) in [6, 6.07) is 9.36. The van der Waals surface area contributed by atoms with Gasteiger partial charge in [-0.2, -0.15) is 0 Å². The summed E-state index contributed by atoms with van der Waals surface area (Å²) >= 11 is 12.1. The molecule has 0 saturated carbocycles. The topological polar surface area (TPSA) is 82.0 Å². The smallest absolute Gasteiger partial charge is 0.311 e. The van der Waals surface area contributed by atoms with Gasteiger partial charge in [0.2, 0.25) is 0 Å². The van der Waals surface area contributed by atoms with Gasteiger partial charge in [0.05, 0.1) is 17.6 Å². The Bertz CT molecular complexity index is 1120. The van der Waals surface area contributed by atoms with Gasteiger partial charge >= 0.3 is 5.97 Å². The molecule has 9 nitrogen and oxygen atoms in total. The number of esters is 1. The number of rotatable bonds is 6. The molecule has 1 aliphatic rings. The van der Waals surface area contributed by atoms with Crippen LogP contribution in [0.15, 0.2) is 42.6 Å². The summed E-state index contributed by atoms with van der Waals surface area (Å²) in [6.07, 6.45) is 2.29. The van der Waals surface area contributed by atoms with E-state index in [1.54, 1.807) is 24.3 Å². The lowest BCUT2D eigenvalue weighted by atomic mass is 10.2. The lowest BCUT2D eigenvalue weighted by Gasteiger charge is -2.36. The number of carbonyl (C=O) groups excluding carboxylic acids is 1. The fraction of sp³-hybridized carbons (Fsp3) is 0.250. The molecule has 0 spiro atoms. The Morgan fingerprint density at radius 1 is 1.12 bits per heavy atom. The van der Waals surface area contributed by atoms with Crippen LogP contribution in [0.4, 0.5) is 15.8 Å². The summed E-state index contributed by atoms with van der Waals surface area (Å²) in [5.41, 5.74) is 1.38. The average Bonchev–Trinajstić information content (AvgIpc) is 3.21. The molecule has 0 atom stereocenters. The predicted molar refractivity (Wildman–Crippen MR) is 115 cm³/mol. The number of hydrogen-bond donors (Lipinski definition) is 0. The molecule has 12 heteroatoms. The van der Waals surface area contributed by atoms with Crippen molar-refractivity contribution in [3.8, 4) is 11.4 Å². The quantitative estimate of drug-likeness (QED) is 0.375. The van der Waals surface area contributed by atoms with E-state index in [1.165, 1.54) is 33.1 Å². The van der Waals surface area contributed by atoms with Crippen LogP contribution in [0.1, 0.15) is 19.8 Å². The SMILES string of the molecule is CCCC(=O)Oc1c(F)cccc1N1CON(c2cc(Cl)ccc2-n2cc(Cl)nn2)CO1. The molecule has 1 aromatic heterocycles. The van der Waals surface area contributed by atoms with E-state index in [0.717, 1.165) is 0 Å². The fourth-order valence-corrected chi connectivity index (χ4v) is 3.30. The van der Waals surface area contributed by atoms with Gasteiger partial charge in [-0.05, 0) is 36.8 Å². The first kappa shape index (κ1) is 22.3. The molecule has 32 heavy (non-hydrogen) atoms. The number of nitrogens with zero attached hydrogens (tertiary/aromatic N) is 5. The van der Waals surface area contributed by atoms with E-state index in [1.807, 2.05) is 6.92 Å². The van der Waals surface area contributed by atoms with Crippen molar-refractivity contribution in [2.24, 2.45) is 0 Å². The minimum atomic E-state index is -0.682. The van der Waals surface area contributed by atoms with Crippen molar-refractivity contribution >= 4 is 40.5 Å². The third-order valence-electron chi connectivity index (χ3n) is 4.46. The largest absolute Gasteiger partial charge is 0.421 e. The molecule has 0 amide bonds. The van der Waals surface area contributed by atoms with Gasteiger partial charge in [0, 0.05) is 11.4 Å². The van der Waals surface area contributed by atoms with E-state index < -0.39 is 11.8 Å². The number of benzene rings is 2. The molecule has 168 valence electrons. The van der Waals surface area contributed by atoms with E-state index in [9.17, 15) is 9.18 Å². The molecule has 0 radical (unpaired) electrons. The van der Waals surface area contributed by atoms with Crippen LogP contribution < -0.4 is 14.9 Å². The number of hydrogen-bond acceptors (Lipinski definition) is 8. The summed E-state index contributed by atoms with van der Waals surface area (Å²) in [4.78, 5) is 23.5. The molecule has 0 bridgehead atoms. The number of anilines is 2. The first-order chi connectivity index (χ1) is 15.5. The van der Waals surface area contributed by atoms with Gasteiger partial charge in [-0.25, -0.2) is 28.9 Å². The van der Waals surface area contributed by atoms with E-state index in [-0.39, 0.29) is 36.5 Å². The predicted octanol–water partition coefficient (Wildman–Crippen LogP) is 4.52. The molecule has 2 aromatic carbocycles. The molecule has 4 rings (SSSR count). The van der Waals surface area contributed by atoms with Gasteiger partial charge in [0.25, 0.3) is 0 Å². The molecule has 1 fully saturated rings. The van der Waals surface area contributed by atoms with E-state index in [0.29, 0.717) is 22.8 Å². The Morgan fingerprint density at radius 3 is 2.53 bits per heavy atom. The van der Waals surface area contributed by atoms with Crippen molar-refractivity contribution in [2.45, 2.75) is 19.8 Å². The third-order valence-corrected chi connectivity index (χ3v) is 4.87. The molecular weight excluding hydrogens is 464 g/mol. The van der Waals surface area contributed by atoms with Crippen LogP contribution in [0.25, 0.3) is 5.69 Å². The second kappa shape index (κ2) is 9.70. The molecule has 0 N–H and O–H groups in total. The third kappa shape index (κ3) is 4.78. The molecule has 2 heterocycles. The Hall–Kier alpha value is -2.92. The first-order valence-electron chi connectivity index (χ1n) is 9.64. The molecule has 0 aliphatic carbocycles. The van der Waals surface area contributed by atoms with Crippen molar-refractivity contribution in [3.05, 3.63) is 58.6 Å². The maximum atomic E-state index is 14.4. The molecule has 1 aliphatic heterocycles. The minimum absolute atomic E-state index is 0.0748. The Balaban J connectivity index is 1.54. The zero-order valence-electron chi connectivity index (χ0n) is 16.9. The number of halogens is 3. The lowest BCUT2D eigenvalue weighted by molar-refractivity contribution is -0.134. The monoisotopic (exact) mass is 481 g/mol. The van der Waals surface area contributed by atoms with Gasteiger partial charge in [-0.1, -0.05) is 41.4 Å². The number of hydroxylamine groups is 2. The second-order valence-corrected chi connectivity index (χ2v) is 7.53. The number of para-hydroxylation sites is 1. The van der Waals surface area contributed by atoms with Crippen LogP contribution >= 0.6 is 23.2 Å². The van der Waals surface area contributed by atoms with Gasteiger partial charge < -0.3 is 4.74 Å². The highest BCUT2D eigenvalue weighted by Crippen LogP contribution is 2.35. The van der Waals surface area contributed by atoms with Gasteiger partial charge in [0.1, 0.15) is 5.69 Å². The van der Waals surface area contributed by atoms with Crippen LogP contribution in [0, 0.1) is 5.82 Å². The van der Waals surface area contributed by atoms with Crippen LogP contribution in [-0.2, 0) is 14.5 Å². The summed E-state index contributed by atoms with van der Waals surface area (Å²) in [7, 11) is 0. The van der Waals surface area contributed by atoms with Crippen molar-refractivity contribution in [1.82, 2.24) is 15.0 Å². The number of ether oxygens (including phenoxy) is 1. The first-order valence-corrected chi connectivity index (χ1v) is 10.4. The van der Waals surface area contributed by atoms with E-state index >= 15 is 0 Å². The van der Waals surface area contributed by atoms with Crippen molar-refractivity contribution in [2.75, 3.05) is 23.6 Å². The second-order valence-electron chi connectivity index (χ2n) is 6.70. The highest BCUT2D eigenvalue weighted by Gasteiger charge is 2.26. The van der Waals surface area contributed by atoms with Crippen LogP contribution in [-0.4, -0.2) is 34.4 Å². The Labute approximate surface area is 192 Å². The summed E-state index contributed by atoms with van der Waals surface area (Å²) < 4.78 is 21.1.